The third-order valence-corrected chi connectivity index (χ3v) is 4.62. The van der Waals surface area contributed by atoms with Gasteiger partial charge in [-0.05, 0) is 53.2 Å². The Morgan fingerprint density at radius 2 is 2.07 bits per heavy atom. The van der Waals surface area contributed by atoms with Crippen LogP contribution >= 0.6 is 27.5 Å². The van der Waals surface area contributed by atoms with E-state index in [1.807, 2.05) is 30.3 Å². The topological polar surface area (TPSA) is 88.5 Å². The maximum atomic E-state index is 12.5. The maximum absolute atomic E-state index is 12.5. The highest BCUT2D eigenvalue weighted by Gasteiger charge is 2.11. The predicted octanol–water partition coefficient (Wildman–Crippen LogP) is 3.42. The van der Waals surface area contributed by atoms with Crippen LogP contribution in [0.3, 0.4) is 0 Å². The summed E-state index contributed by atoms with van der Waals surface area (Å²) < 4.78 is 7.46. The molecule has 0 aliphatic heterocycles. The molecule has 0 aliphatic carbocycles. The third-order valence-electron chi connectivity index (χ3n) is 3.77. The van der Waals surface area contributed by atoms with Crippen molar-refractivity contribution < 1.29 is 9.53 Å². The Kier molecular flexibility index (Phi) is 6.33. The highest BCUT2D eigenvalue weighted by Crippen LogP contribution is 2.27. The van der Waals surface area contributed by atoms with Gasteiger partial charge in [0.2, 0.25) is 0 Å². The van der Waals surface area contributed by atoms with Gasteiger partial charge in [0.15, 0.2) is 6.61 Å². The lowest BCUT2D eigenvalue weighted by Crippen LogP contribution is -2.25. The molecular weight excluding hydrogens is 448 g/mol. The smallest absolute Gasteiger partial charge is 0.280 e. The van der Waals surface area contributed by atoms with E-state index in [4.69, 9.17) is 16.3 Å². The molecule has 1 aromatic heterocycles. The van der Waals surface area contributed by atoms with Crippen LogP contribution in [0.1, 0.15) is 11.3 Å². The first kappa shape index (κ1) is 19.9. The first-order chi connectivity index (χ1) is 13.5. The molecule has 0 saturated carbocycles. The summed E-state index contributed by atoms with van der Waals surface area (Å²) in [6, 6.07) is 14.1. The molecule has 2 aromatic carbocycles. The Balaban J connectivity index is 1.62. The van der Waals surface area contributed by atoms with Crippen LogP contribution in [0, 0.1) is 6.92 Å². The fourth-order valence-electron chi connectivity index (χ4n) is 2.41. The number of ether oxygens (including phenoxy) is 1. The predicted molar refractivity (Wildman–Crippen MR) is 112 cm³/mol. The molecule has 0 spiro atoms. The van der Waals surface area contributed by atoms with E-state index in [0.29, 0.717) is 32.2 Å². The van der Waals surface area contributed by atoms with Gasteiger partial charge in [0.25, 0.3) is 11.5 Å². The molecule has 9 heteroatoms. The first-order valence-corrected chi connectivity index (χ1v) is 9.39. The molecule has 0 aliphatic rings. The largest absolute Gasteiger partial charge is 0.483 e. The van der Waals surface area contributed by atoms with E-state index in [-0.39, 0.29) is 12.2 Å². The van der Waals surface area contributed by atoms with E-state index in [0.717, 1.165) is 0 Å². The van der Waals surface area contributed by atoms with Gasteiger partial charge in [-0.15, -0.1) is 0 Å². The summed E-state index contributed by atoms with van der Waals surface area (Å²) in [7, 11) is 0. The van der Waals surface area contributed by atoms with Crippen molar-refractivity contribution in [2.75, 3.05) is 6.61 Å². The zero-order chi connectivity index (χ0) is 20.1. The monoisotopic (exact) mass is 462 g/mol. The number of carbonyl (C=O) groups is 1. The molecule has 28 heavy (non-hydrogen) atoms. The number of hydrogen-bond donors (Lipinski definition) is 2. The Bertz CT molecular complexity index is 1080. The van der Waals surface area contributed by atoms with Crippen molar-refractivity contribution in [2.24, 2.45) is 5.10 Å². The number of aromatic amines is 1. The molecule has 3 rings (SSSR count). The number of hydrogen-bond acceptors (Lipinski definition) is 4. The highest BCUT2D eigenvalue weighted by molar-refractivity contribution is 9.10. The number of rotatable bonds is 6. The van der Waals surface area contributed by atoms with Gasteiger partial charge in [0.1, 0.15) is 5.75 Å². The van der Waals surface area contributed by atoms with Gasteiger partial charge in [-0.25, -0.2) is 10.1 Å². The van der Waals surface area contributed by atoms with E-state index in [1.165, 1.54) is 10.9 Å². The Labute approximate surface area is 174 Å². The lowest BCUT2D eigenvalue weighted by molar-refractivity contribution is -0.123. The third kappa shape index (κ3) is 4.71. The summed E-state index contributed by atoms with van der Waals surface area (Å²) in [5.74, 6) is 0.0189. The molecule has 0 atom stereocenters. The molecule has 2 N–H and O–H groups in total. The van der Waals surface area contributed by atoms with E-state index in [1.54, 1.807) is 25.1 Å². The van der Waals surface area contributed by atoms with Gasteiger partial charge in [-0.2, -0.15) is 5.10 Å². The van der Waals surface area contributed by atoms with Crippen LogP contribution in [0.5, 0.6) is 5.75 Å². The lowest BCUT2D eigenvalue weighted by atomic mass is 10.3. The number of H-pyrrole nitrogens is 1. The van der Waals surface area contributed by atoms with E-state index < -0.39 is 5.91 Å². The quantitative estimate of drug-likeness (QED) is 0.434. The minimum absolute atomic E-state index is 0.238. The average molecular weight is 464 g/mol. The van der Waals surface area contributed by atoms with Gasteiger partial charge in [-0.3, -0.25) is 14.7 Å². The molecule has 7 nitrogen and oxygen atoms in total. The van der Waals surface area contributed by atoms with E-state index >= 15 is 0 Å². The molecular formula is C19H16BrClN4O3. The Morgan fingerprint density at radius 3 is 2.79 bits per heavy atom. The van der Waals surface area contributed by atoms with Crippen LogP contribution in [-0.4, -0.2) is 28.5 Å². The van der Waals surface area contributed by atoms with Crippen molar-refractivity contribution in [1.82, 2.24) is 15.2 Å². The summed E-state index contributed by atoms with van der Waals surface area (Å²) >= 11 is 9.17. The van der Waals surface area contributed by atoms with Crippen molar-refractivity contribution in [2.45, 2.75) is 6.92 Å². The second-order valence-corrected chi connectivity index (χ2v) is 7.07. The normalized spacial score (nSPS) is 11.0. The minimum atomic E-state index is -0.463. The van der Waals surface area contributed by atoms with E-state index in [9.17, 15) is 9.59 Å². The zero-order valence-corrected chi connectivity index (χ0v) is 17.1. The number of aryl methyl sites for hydroxylation is 1. The van der Waals surface area contributed by atoms with Crippen molar-refractivity contribution in [3.8, 4) is 11.4 Å². The first-order valence-electron chi connectivity index (χ1n) is 8.22. The number of aromatic nitrogens is 2. The number of halogens is 2. The van der Waals surface area contributed by atoms with Crippen molar-refractivity contribution in [1.29, 1.82) is 0 Å². The van der Waals surface area contributed by atoms with Crippen molar-refractivity contribution >= 4 is 39.7 Å². The summed E-state index contributed by atoms with van der Waals surface area (Å²) in [4.78, 5) is 24.4. The molecule has 144 valence electrons. The zero-order valence-electron chi connectivity index (χ0n) is 14.8. The molecule has 1 amide bonds. The number of amides is 1. The van der Waals surface area contributed by atoms with Gasteiger partial charge >= 0.3 is 0 Å². The second kappa shape index (κ2) is 8.90. The molecule has 3 aromatic rings. The van der Waals surface area contributed by atoms with Crippen molar-refractivity contribution in [3.05, 3.63) is 79.6 Å². The minimum Gasteiger partial charge on any atom is -0.483 e. The second-order valence-electron chi connectivity index (χ2n) is 5.78. The number of benzene rings is 2. The molecule has 0 unspecified atom stereocenters. The number of para-hydroxylation sites is 1. The lowest BCUT2D eigenvalue weighted by Gasteiger charge is -2.07. The summed E-state index contributed by atoms with van der Waals surface area (Å²) in [6.45, 7) is 1.52. The number of nitrogens with zero attached hydrogens (tertiary/aromatic N) is 2. The van der Waals surface area contributed by atoms with Gasteiger partial charge in [0.05, 0.1) is 21.9 Å². The number of carbonyl (C=O) groups excluding carboxylic acids is 1. The van der Waals surface area contributed by atoms with Crippen molar-refractivity contribution in [3.63, 3.8) is 0 Å². The van der Waals surface area contributed by atoms with E-state index in [2.05, 4.69) is 31.6 Å². The Hall–Kier alpha value is -2.84. The van der Waals surface area contributed by atoms with Crippen LogP contribution in [0.25, 0.3) is 5.69 Å². The highest BCUT2D eigenvalue weighted by atomic mass is 79.9. The van der Waals surface area contributed by atoms with Gasteiger partial charge < -0.3 is 4.74 Å². The molecule has 0 saturated heterocycles. The fourth-order valence-corrected chi connectivity index (χ4v) is 3.20. The van der Waals surface area contributed by atoms with Crippen LogP contribution < -0.4 is 15.7 Å². The summed E-state index contributed by atoms with van der Waals surface area (Å²) in [5.41, 5.74) is 3.77. The van der Waals surface area contributed by atoms with Gasteiger partial charge in [0, 0.05) is 10.7 Å². The summed E-state index contributed by atoms with van der Waals surface area (Å²) in [5, 5.41) is 7.38. The summed E-state index contributed by atoms with van der Waals surface area (Å²) in [6.07, 6.45) is 1.31. The molecule has 0 fully saturated rings. The van der Waals surface area contributed by atoms with Crippen LogP contribution in [0.15, 0.2) is 62.9 Å². The molecule has 1 heterocycles. The fraction of sp³-hybridized carbons (Fsp3) is 0.105. The average Bonchev–Trinajstić information content (AvgIpc) is 2.96. The SMILES string of the molecule is Cc1[nH]n(-c2ccccc2)c(=O)c1/C=N\NC(=O)COc1ccc(Cl)cc1Br. The maximum Gasteiger partial charge on any atom is 0.280 e. The van der Waals surface area contributed by atoms with Crippen LogP contribution in [0.2, 0.25) is 5.02 Å². The number of hydrazone groups is 1. The van der Waals surface area contributed by atoms with Crippen LogP contribution in [-0.2, 0) is 4.79 Å². The Morgan fingerprint density at radius 1 is 1.32 bits per heavy atom. The molecule has 0 bridgehead atoms. The number of nitrogens with one attached hydrogen (secondary N) is 2. The molecule has 0 radical (unpaired) electrons. The standard InChI is InChI=1S/C19H16BrClN4O3/c1-12-15(19(27)25(24-12)14-5-3-2-4-6-14)10-22-23-18(26)11-28-17-8-7-13(21)9-16(17)20/h2-10,24H,11H2,1H3,(H,23,26)/b22-10-. The van der Waals surface area contributed by atoms with Gasteiger partial charge in [-0.1, -0.05) is 29.8 Å². The van der Waals surface area contributed by atoms with Crippen LogP contribution in [0.4, 0.5) is 0 Å².